The zero-order chi connectivity index (χ0) is 22.4. The maximum Gasteiger partial charge on any atom is 0.243 e. The van der Waals surface area contributed by atoms with Crippen LogP contribution in [0.5, 0.6) is 11.5 Å². The summed E-state index contributed by atoms with van der Waals surface area (Å²) in [5, 5.41) is 2.86. The van der Waals surface area contributed by atoms with E-state index < -0.39 is 10.0 Å². The maximum absolute atomic E-state index is 12.6. The van der Waals surface area contributed by atoms with E-state index in [2.05, 4.69) is 5.32 Å². The van der Waals surface area contributed by atoms with Gasteiger partial charge in [0, 0.05) is 23.7 Å². The summed E-state index contributed by atoms with van der Waals surface area (Å²) in [5.41, 5.74) is 0.683. The van der Waals surface area contributed by atoms with Crippen LogP contribution in [0.1, 0.15) is 12.8 Å². The van der Waals surface area contributed by atoms with E-state index in [1.54, 1.807) is 48.5 Å². The highest BCUT2D eigenvalue weighted by atomic mass is 32.2. The Bertz CT molecular complexity index is 1140. The lowest BCUT2D eigenvalue weighted by molar-refractivity contribution is -0.113. The molecule has 1 N–H and O–H groups in total. The van der Waals surface area contributed by atoms with Crippen LogP contribution in [0.4, 0.5) is 5.69 Å². The van der Waals surface area contributed by atoms with Gasteiger partial charge in [-0.25, -0.2) is 8.42 Å². The average Bonchev–Trinajstić information content (AvgIpc) is 3.36. The molecule has 4 rings (SSSR count). The lowest BCUT2D eigenvalue weighted by atomic mass is 10.3. The highest BCUT2D eigenvalue weighted by molar-refractivity contribution is 8.00. The molecule has 1 aliphatic rings. The molecular formula is C24H24N2O4S2. The Balaban J connectivity index is 1.27. The van der Waals surface area contributed by atoms with Crippen LogP contribution >= 0.6 is 11.8 Å². The molecule has 0 atom stereocenters. The molecule has 1 heterocycles. The number of para-hydroxylation sites is 1. The minimum absolute atomic E-state index is 0.138. The SMILES string of the molecule is O=C(CSc1ccc(S(=O)(=O)N2CCCC2)cc1)Nc1ccc(Oc2ccccc2)cc1. The van der Waals surface area contributed by atoms with E-state index in [0.717, 1.165) is 23.5 Å². The van der Waals surface area contributed by atoms with Gasteiger partial charge in [-0.15, -0.1) is 11.8 Å². The number of anilines is 1. The second kappa shape index (κ2) is 10.2. The maximum atomic E-state index is 12.6. The van der Waals surface area contributed by atoms with Crippen LogP contribution < -0.4 is 10.1 Å². The van der Waals surface area contributed by atoms with Gasteiger partial charge in [0.15, 0.2) is 0 Å². The van der Waals surface area contributed by atoms with E-state index in [4.69, 9.17) is 4.74 Å². The normalized spacial score (nSPS) is 14.2. The molecule has 0 spiro atoms. The van der Waals surface area contributed by atoms with Gasteiger partial charge in [0.25, 0.3) is 0 Å². The standard InChI is InChI=1S/C24H24N2O4S2/c27-24(25-19-8-10-21(11-9-19)30-20-6-2-1-3-7-20)18-31-22-12-14-23(15-13-22)32(28,29)26-16-4-5-17-26/h1-3,6-15H,4-5,16-18H2,(H,25,27). The minimum atomic E-state index is -3.42. The van der Waals surface area contributed by atoms with Crippen molar-refractivity contribution in [2.75, 3.05) is 24.2 Å². The number of carbonyl (C=O) groups is 1. The van der Waals surface area contributed by atoms with Crippen molar-refractivity contribution in [2.45, 2.75) is 22.6 Å². The van der Waals surface area contributed by atoms with Gasteiger partial charge in [-0.1, -0.05) is 18.2 Å². The van der Waals surface area contributed by atoms with Gasteiger partial charge in [-0.2, -0.15) is 4.31 Å². The van der Waals surface area contributed by atoms with Crippen molar-refractivity contribution in [3.63, 3.8) is 0 Å². The Morgan fingerprint density at radius 1 is 0.875 bits per heavy atom. The number of ether oxygens (including phenoxy) is 1. The Hall–Kier alpha value is -2.81. The Labute approximate surface area is 192 Å². The fourth-order valence-electron chi connectivity index (χ4n) is 3.36. The van der Waals surface area contributed by atoms with Crippen molar-refractivity contribution < 1.29 is 17.9 Å². The predicted molar refractivity (Wildman–Crippen MR) is 127 cm³/mol. The number of amides is 1. The number of hydrogen-bond acceptors (Lipinski definition) is 5. The molecule has 0 saturated carbocycles. The molecule has 166 valence electrons. The largest absolute Gasteiger partial charge is 0.457 e. The smallest absolute Gasteiger partial charge is 0.243 e. The van der Waals surface area contributed by atoms with E-state index in [-0.39, 0.29) is 11.7 Å². The van der Waals surface area contributed by atoms with Gasteiger partial charge in [-0.05, 0) is 73.5 Å². The molecule has 0 bridgehead atoms. The van der Waals surface area contributed by atoms with Gasteiger partial charge in [0.05, 0.1) is 10.6 Å². The number of hydrogen-bond donors (Lipinski definition) is 1. The fourth-order valence-corrected chi connectivity index (χ4v) is 5.58. The van der Waals surface area contributed by atoms with Crippen LogP contribution in [-0.4, -0.2) is 37.5 Å². The number of benzene rings is 3. The quantitative estimate of drug-likeness (QED) is 0.471. The summed E-state index contributed by atoms with van der Waals surface area (Å²) in [6.07, 6.45) is 1.82. The Kier molecular flexibility index (Phi) is 7.14. The van der Waals surface area contributed by atoms with Gasteiger partial charge in [0.1, 0.15) is 11.5 Å². The van der Waals surface area contributed by atoms with Gasteiger partial charge in [-0.3, -0.25) is 4.79 Å². The minimum Gasteiger partial charge on any atom is -0.457 e. The number of sulfonamides is 1. The van der Waals surface area contributed by atoms with Crippen LogP contribution in [0.3, 0.4) is 0 Å². The summed E-state index contributed by atoms with van der Waals surface area (Å²) in [4.78, 5) is 13.4. The Morgan fingerprint density at radius 2 is 1.50 bits per heavy atom. The van der Waals surface area contributed by atoms with Crippen LogP contribution in [0.15, 0.2) is 88.7 Å². The van der Waals surface area contributed by atoms with E-state index >= 15 is 0 Å². The second-order valence-corrected chi connectivity index (χ2v) is 10.3. The third-order valence-corrected chi connectivity index (χ3v) is 7.94. The second-order valence-electron chi connectivity index (χ2n) is 7.36. The van der Waals surface area contributed by atoms with Crippen molar-refractivity contribution >= 4 is 33.4 Å². The van der Waals surface area contributed by atoms with E-state index in [0.29, 0.717) is 29.4 Å². The number of thioether (sulfide) groups is 1. The molecule has 1 fully saturated rings. The zero-order valence-electron chi connectivity index (χ0n) is 17.4. The van der Waals surface area contributed by atoms with E-state index in [1.165, 1.54) is 16.1 Å². The molecule has 3 aromatic carbocycles. The monoisotopic (exact) mass is 468 g/mol. The molecule has 0 aliphatic carbocycles. The topological polar surface area (TPSA) is 75.7 Å². The fraction of sp³-hybridized carbons (Fsp3) is 0.208. The molecule has 1 aliphatic heterocycles. The first-order chi connectivity index (χ1) is 15.5. The number of nitrogens with one attached hydrogen (secondary N) is 1. The lowest BCUT2D eigenvalue weighted by Crippen LogP contribution is -2.27. The summed E-state index contributed by atoms with van der Waals surface area (Å²) >= 11 is 1.36. The van der Waals surface area contributed by atoms with Gasteiger partial charge >= 0.3 is 0 Å². The van der Waals surface area contributed by atoms with Crippen molar-refractivity contribution in [2.24, 2.45) is 0 Å². The first-order valence-corrected chi connectivity index (χ1v) is 12.8. The lowest BCUT2D eigenvalue weighted by Gasteiger charge is -2.15. The third-order valence-electron chi connectivity index (χ3n) is 5.01. The molecule has 8 heteroatoms. The van der Waals surface area contributed by atoms with Gasteiger partial charge < -0.3 is 10.1 Å². The highest BCUT2D eigenvalue weighted by Crippen LogP contribution is 2.25. The van der Waals surface area contributed by atoms with E-state index in [1.807, 2.05) is 30.3 Å². The molecule has 0 aromatic heterocycles. The molecule has 1 saturated heterocycles. The van der Waals surface area contributed by atoms with Crippen LogP contribution in [-0.2, 0) is 14.8 Å². The predicted octanol–water partition coefficient (Wildman–Crippen LogP) is 4.99. The van der Waals surface area contributed by atoms with Crippen LogP contribution in [0, 0.1) is 0 Å². The van der Waals surface area contributed by atoms with Gasteiger partial charge in [0.2, 0.25) is 15.9 Å². The van der Waals surface area contributed by atoms with Crippen LogP contribution in [0.2, 0.25) is 0 Å². The average molecular weight is 469 g/mol. The van der Waals surface area contributed by atoms with E-state index in [9.17, 15) is 13.2 Å². The number of rotatable bonds is 8. The molecule has 6 nitrogen and oxygen atoms in total. The summed E-state index contributed by atoms with van der Waals surface area (Å²) in [6.45, 7) is 1.16. The molecule has 0 unspecified atom stereocenters. The summed E-state index contributed by atoms with van der Waals surface area (Å²) < 4.78 is 32.4. The summed E-state index contributed by atoms with van der Waals surface area (Å²) in [6, 6.07) is 23.4. The Morgan fingerprint density at radius 3 is 2.16 bits per heavy atom. The van der Waals surface area contributed by atoms with Crippen molar-refractivity contribution in [1.29, 1.82) is 0 Å². The summed E-state index contributed by atoms with van der Waals surface area (Å²) in [7, 11) is -3.42. The van der Waals surface area contributed by atoms with Crippen molar-refractivity contribution in [3.8, 4) is 11.5 Å². The van der Waals surface area contributed by atoms with Crippen LogP contribution in [0.25, 0.3) is 0 Å². The first-order valence-electron chi connectivity index (χ1n) is 10.4. The molecular weight excluding hydrogens is 444 g/mol. The zero-order valence-corrected chi connectivity index (χ0v) is 19.1. The number of nitrogens with zero attached hydrogens (tertiary/aromatic N) is 1. The third kappa shape index (κ3) is 5.70. The molecule has 32 heavy (non-hydrogen) atoms. The molecule has 0 radical (unpaired) electrons. The highest BCUT2D eigenvalue weighted by Gasteiger charge is 2.26. The first kappa shape index (κ1) is 22.4. The van der Waals surface area contributed by atoms with Crippen molar-refractivity contribution in [3.05, 3.63) is 78.9 Å². The summed E-state index contributed by atoms with van der Waals surface area (Å²) in [5.74, 6) is 1.52. The van der Waals surface area contributed by atoms with Crippen molar-refractivity contribution in [1.82, 2.24) is 4.31 Å². The molecule has 1 amide bonds. The number of carbonyl (C=O) groups excluding carboxylic acids is 1. The molecule has 3 aromatic rings.